The molecule has 1 heterocycles. The van der Waals surface area contributed by atoms with Crippen LogP contribution in [-0.4, -0.2) is 25.2 Å². The Hall–Kier alpha value is -1.56. The van der Waals surface area contributed by atoms with Crippen LogP contribution in [0.15, 0.2) is 46.9 Å². The van der Waals surface area contributed by atoms with Gasteiger partial charge in [0.1, 0.15) is 12.4 Å². The van der Waals surface area contributed by atoms with Crippen LogP contribution < -0.4 is 10.1 Å². The summed E-state index contributed by atoms with van der Waals surface area (Å²) >= 11 is 9.45. The van der Waals surface area contributed by atoms with Gasteiger partial charge in [0.25, 0.3) is 5.91 Å². The van der Waals surface area contributed by atoms with Gasteiger partial charge in [0.15, 0.2) is 0 Å². The van der Waals surface area contributed by atoms with E-state index in [1.54, 1.807) is 36.4 Å². The normalized spacial score (nSPS) is 16.8. The van der Waals surface area contributed by atoms with Crippen molar-refractivity contribution < 1.29 is 14.3 Å². The van der Waals surface area contributed by atoms with E-state index in [1.807, 2.05) is 6.07 Å². The van der Waals surface area contributed by atoms with Crippen molar-refractivity contribution in [3.8, 4) is 5.75 Å². The highest BCUT2D eigenvalue weighted by atomic mass is 79.9. The molecule has 0 aliphatic carbocycles. The fourth-order valence-electron chi connectivity index (χ4n) is 2.45. The summed E-state index contributed by atoms with van der Waals surface area (Å²) in [6.07, 6.45) is 2.30. The number of halogens is 2. The lowest BCUT2D eigenvalue weighted by molar-refractivity contribution is 0.0679. The van der Waals surface area contributed by atoms with Gasteiger partial charge in [-0.3, -0.25) is 4.79 Å². The van der Waals surface area contributed by atoms with Crippen molar-refractivity contribution in [1.82, 2.24) is 0 Å². The summed E-state index contributed by atoms with van der Waals surface area (Å²) in [5.41, 5.74) is 1.11. The van der Waals surface area contributed by atoms with Gasteiger partial charge in [0, 0.05) is 16.6 Å². The summed E-state index contributed by atoms with van der Waals surface area (Å²) in [5.74, 6) is 0.508. The molecule has 1 aliphatic heterocycles. The van der Waals surface area contributed by atoms with Crippen molar-refractivity contribution in [3.05, 3.63) is 57.5 Å². The van der Waals surface area contributed by atoms with Gasteiger partial charge in [-0.1, -0.05) is 27.5 Å². The Bertz CT molecular complexity index is 715. The van der Waals surface area contributed by atoms with Crippen molar-refractivity contribution in [2.45, 2.75) is 18.9 Å². The minimum absolute atomic E-state index is 0.174. The molecule has 2 aromatic rings. The summed E-state index contributed by atoms with van der Waals surface area (Å²) < 4.78 is 12.1. The second-order valence-corrected chi connectivity index (χ2v) is 6.87. The number of carbonyl (C=O) groups is 1. The Labute approximate surface area is 154 Å². The number of benzene rings is 2. The smallest absolute Gasteiger partial charge is 0.255 e. The van der Waals surface area contributed by atoms with Crippen LogP contribution in [0.1, 0.15) is 23.2 Å². The van der Waals surface area contributed by atoms with Crippen LogP contribution in [0.25, 0.3) is 0 Å². The van der Waals surface area contributed by atoms with Gasteiger partial charge in [-0.2, -0.15) is 0 Å². The minimum atomic E-state index is -0.218. The zero-order valence-corrected chi connectivity index (χ0v) is 15.3. The molecule has 0 bridgehead atoms. The van der Waals surface area contributed by atoms with Crippen molar-refractivity contribution >= 4 is 39.1 Å². The van der Waals surface area contributed by atoms with Gasteiger partial charge in [0.05, 0.1) is 16.8 Å². The number of nitrogens with one attached hydrogen (secondary N) is 1. The van der Waals surface area contributed by atoms with E-state index >= 15 is 0 Å². The highest BCUT2D eigenvalue weighted by molar-refractivity contribution is 9.10. The first-order valence-corrected chi connectivity index (χ1v) is 8.90. The van der Waals surface area contributed by atoms with Gasteiger partial charge >= 0.3 is 0 Å². The molecule has 1 amide bonds. The summed E-state index contributed by atoms with van der Waals surface area (Å²) in [6, 6.07) is 12.3. The average Bonchev–Trinajstić information content (AvgIpc) is 3.09. The van der Waals surface area contributed by atoms with Crippen molar-refractivity contribution in [2.24, 2.45) is 0 Å². The molecule has 0 spiro atoms. The monoisotopic (exact) mass is 409 g/mol. The van der Waals surface area contributed by atoms with Crippen molar-refractivity contribution in [3.63, 3.8) is 0 Å². The Morgan fingerprint density at radius 1 is 1.29 bits per heavy atom. The Morgan fingerprint density at radius 2 is 2.08 bits per heavy atom. The molecule has 0 radical (unpaired) electrons. The lowest BCUT2D eigenvalue weighted by Crippen LogP contribution is -2.16. The van der Waals surface area contributed by atoms with E-state index in [0.717, 1.165) is 29.7 Å². The van der Waals surface area contributed by atoms with E-state index < -0.39 is 0 Å². The minimum Gasteiger partial charge on any atom is -0.491 e. The van der Waals surface area contributed by atoms with Gasteiger partial charge < -0.3 is 14.8 Å². The molecule has 1 N–H and O–H groups in total. The Morgan fingerprint density at radius 3 is 2.75 bits per heavy atom. The Balaban J connectivity index is 1.58. The van der Waals surface area contributed by atoms with Crippen LogP contribution in [0.4, 0.5) is 5.69 Å². The summed E-state index contributed by atoms with van der Waals surface area (Å²) in [7, 11) is 0. The molecule has 2 aromatic carbocycles. The molecule has 4 nitrogen and oxygen atoms in total. The molecule has 0 saturated carbocycles. The fourth-order valence-corrected chi connectivity index (χ4v) is 3.17. The molecule has 6 heteroatoms. The molecule has 1 saturated heterocycles. The third-order valence-corrected chi connectivity index (χ3v) is 4.56. The lowest BCUT2D eigenvalue weighted by Gasteiger charge is -2.12. The zero-order chi connectivity index (χ0) is 16.9. The summed E-state index contributed by atoms with van der Waals surface area (Å²) in [5, 5.41) is 3.28. The molecule has 1 atom stereocenters. The quantitative estimate of drug-likeness (QED) is 0.761. The predicted molar refractivity (Wildman–Crippen MR) is 98.0 cm³/mol. The number of amides is 1. The summed E-state index contributed by atoms with van der Waals surface area (Å²) in [6.45, 7) is 1.35. The van der Waals surface area contributed by atoms with Crippen LogP contribution >= 0.6 is 27.5 Å². The molecule has 0 aromatic heterocycles. The van der Waals surface area contributed by atoms with Gasteiger partial charge in [0.2, 0.25) is 0 Å². The number of carbonyl (C=O) groups excluding carboxylic acids is 1. The SMILES string of the molecule is O=C(Nc1ccc(Br)cc1Cl)c1ccc(OC[C@@H]2CCCO2)cc1. The predicted octanol–water partition coefficient (Wildman–Crippen LogP) is 4.91. The number of hydrogen-bond acceptors (Lipinski definition) is 3. The second kappa shape index (κ2) is 8.01. The topological polar surface area (TPSA) is 47.6 Å². The fraction of sp³-hybridized carbons (Fsp3) is 0.278. The number of ether oxygens (including phenoxy) is 2. The average molecular weight is 411 g/mol. The van der Waals surface area contributed by atoms with E-state index in [1.165, 1.54) is 0 Å². The lowest BCUT2D eigenvalue weighted by atomic mass is 10.2. The van der Waals surface area contributed by atoms with Gasteiger partial charge in [-0.25, -0.2) is 0 Å². The Kier molecular flexibility index (Phi) is 5.76. The van der Waals surface area contributed by atoms with Gasteiger partial charge in [-0.15, -0.1) is 0 Å². The molecule has 1 aliphatic rings. The maximum atomic E-state index is 12.3. The molecule has 3 rings (SSSR count). The molecule has 24 heavy (non-hydrogen) atoms. The largest absolute Gasteiger partial charge is 0.491 e. The van der Waals surface area contributed by atoms with Crippen molar-refractivity contribution in [2.75, 3.05) is 18.5 Å². The van der Waals surface area contributed by atoms with Crippen LogP contribution in [-0.2, 0) is 4.74 Å². The molecule has 126 valence electrons. The maximum Gasteiger partial charge on any atom is 0.255 e. The number of hydrogen-bond donors (Lipinski definition) is 1. The maximum absolute atomic E-state index is 12.3. The van der Waals surface area contributed by atoms with Gasteiger partial charge in [-0.05, 0) is 55.3 Å². The van der Waals surface area contributed by atoms with E-state index in [0.29, 0.717) is 22.9 Å². The van der Waals surface area contributed by atoms with Crippen LogP contribution in [0.3, 0.4) is 0 Å². The van der Waals surface area contributed by atoms with Crippen LogP contribution in [0.2, 0.25) is 5.02 Å². The standard InChI is InChI=1S/C18H17BrClNO3/c19-13-5-8-17(16(20)10-13)21-18(22)12-3-6-14(7-4-12)24-11-15-2-1-9-23-15/h3-8,10,15H,1-2,9,11H2,(H,21,22)/t15-/m0/s1. The number of rotatable bonds is 5. The highest BCUT2D eigenvalue weighted by Gasteiger charge is 2.16. The first kappa shape index (κ1) is 17.3. The highest BCUT2D eigenvalue weighted by Crippen LogP contribution is 2.26. The third-order valence-electron chi connectivity index (χ3n) is 3.76. The molecule has 0 unspecified atom stereocenters. The first-order chi connectivity index (χ1) is 11.6. The van der Waals surface area contributed by atoms with Crippen LogP contribution in [0, 0.1) is 0 Å². The third kappa shape index (κ3) is 4.50. The van der Waals surface area contributed by atoms with E-state index in [-0.39, 0.29) is 12.0 Å². The number of anilines is 1. The second-order valence-electron chi connectivity index (χ2n) is 5.55. The molecule has 1 fully saturated rings. The zero-order valence-electron chi connectivity index (χ0n) is 12.9. The molecular formula is C18H17BrClNO3. The van der Waals surface area contributed by atoms with E-state index in [4.69, 9.17) is 21.1 Å². The first-order valence-electron chi connectivity index (χ1n) is 7.73. The van der Waals surface area contributed by atoms with E-state index in [9.17, 15) is 4.79 Å². The summed E-state index contributed by atoms with van der Waals surface area (Å²) in [4.78, 5) is 12.3. The van der Waals surface area contributed by atoms with Crippen LogP contribution in [0.5, 0.6) is 5.75 Å². The van der Waals surface area contributed by atoms with Crippen molar-refractivity contribution in [1.29, 1.82) is 0 Å². The molecular weight excluding hydrogens is 394 g/mol. The van der Waals surface area contributed by atoms with E-state index in [2.05, 4.69) is 21.2 Å².